The van der Waals surface area contributed by atoms with Crippen LogP contribution in [0, 0.1) is 16.3 Å². The molecule has 0 fully saturated rings. The third-order valence-corrected chi connectivity index (χ3v) is 5.11. The molecule has 0 saturated carbocycles. The molecule has 0 spiro atoms. The Morgan fingerprint density at radius 2 is 2.19 bits per heavy atom. The number of alkyl halides is 1. The summed E-state index contributed by atoms with van der Waals surface area (Å²) in [5, 5.41) is 2.71. The van der Waals surface area contributed by atoms with Gasteiger partial charge in [-0.3, -0.25) is 0 Å². The number of fused-ring (bicyclic) bond motifs is 1. The van der Waals surface area contributed by atoms with Crippen LogP contribution in [0.25, 0.3) is 11.0 Å². The first kappa shape index (κ1) is 15.2. The van der Waals surface area contributed by atoms with Gasteiger partial charge in [0.2, 0.25) is 0 Å². The number of benzene rings is 1. The first-order valence-electron chi connectivity index (χ1n) is 6.36. The summed E-state index contributed by atoms with van der Waals surface area (Å²) in [4.78, 5) is 9.02. The number of thiazole rings is 1. The fourth-order valence-electron chi connectivity index (χ4n) is 2.22. The molecule has 3 nitrogen and oxygen atoms in total. The van der Waals surface area contributed by atoms with Crippen LogP contribution in [0.15, 0.2) is 17.5 Å². The third-order valence-electron chi connectivity index (χ3n) is 3.14. The molecule has 0 radical (unpaired) electrons. The summed E-state index contributed by atoms with van der Waals surface area (Å²) in [6.45, 7) is 4.38. The molecule has 3 rings (SSSR count). The molecule has 1 unspecified atom stereocenters. The summed E-state index contributed by atoms with van der Waals surface area (Å²) < 4.78 is 16.4. The fraction of sp³-hybridized carbons (Fsp3) is 0.286. The smallest absolute Gasteiger partial charge is 0.138 e. The number of hydrogen-bond acceptors (Lipinski definition) is 3. The van der Waals surface area contributed by atoms with E-state index in [-0.39, 0.29) is 11.2 Å². The maximum Gasteiger partial charge on any atom is 0.138 e. The van der Waals surface area contributed by atoms with E-state index >= 15 is 0 Å². The van der Waals surface area contributed by atoms with Crippen LogP contribution in [0.1, 0.15) is 28.8 Å². The molecule has 0 N–H and O–H groups in total. The standard InChI is InChI=1S/C14H12ClFIN3S/c1-7-6-21-13(18-7)5-20-12-3-9(16)10(17)4-11(12)19-14(20)8(2)15/h3-4,6,8H,5H2,1-2H3. The third kappa shape index (κ3) is 2.93. The average Bonchev–Trinajstić information content (AvgIpc) is 2.96. The maximum atomic E-state index is 13.9. The second-order valence-corrected chi connectivity index (χ2v) is 7.57. The monoisotopic (exact) mass is 435 g/mol. The van der Waals surface area contributed by atoms with Crippen molar-refractivity contribution in [2.75, 3.05) is 0 Å². The van der Waals surface area contributed by atoms with Crippen molar-refractivity contribution in [2.45, 2.75) is 25.8 Å². The van der Waals surface area contributed by atoms with E-state index in [1.54, 1.807) is 17.4 Å². The first-order valence-corrected chi connectivity index (χ1v) is 8.75. The summed E-state index contributed by atoms with van der Waals surface area (Å²) in [7, 11) is 0. The molecule has 0 amide bonds. The van der Waals surface area contributed by atoms with E-state index in [0.29, 0.717) is 10.1 Å². The molecular formula is C14H12ClFIN3S. The van der Waals surface area contributed by atoms with Gasteiger partial charge < -0.3 is 4.57 Å². The molecule has 2 aromatic heterocycles. The van der Waals surface area contributed by atoms with Crippen molar-refractivity contribution in [1.29, 1.82) is 0 Å². The number of nitrogens with zero attached hydrogens (tertiary/aromatic N) is 3. The molecule has 110 valence electrons. The largest absolute Gasteiger partial charge is 0.320 e. The first-order chi connectivity index (χ1) is 9.95. The lowest BCUT2D eigenvalue weighted by molar-refractivity contribution is 0.620. The predicted molar refractivity (Wildman–Crippen MR) is 92.6 cm³/mol. The molecule has 1 atom stereocenters. The van der Waals surface area contributed by atoms with Gasteiger partial charge in [0.05, 0.1) is 26.5 Å². The fourth-order valence-corrected chi connectivity index (χ4v) is 3.60. The van der Waals surface area contributed by atoms with Gasteiger partial charge in [0.25, 0.3) is 0 Å². The zero-order valence-electron chi connectivity index (χ0n) is 11.4. The van der Waals surface area contributed by atoms with Crippen LogP contribution < -0.4 is 0 Å². The number of aryl methyl sites for hydroxylation is 1. The molecule has 0 saturated heterocycles. The minimum atomic E-state index is -0.251. The highest BCUT2D eigenvalue weighted by Crippen LogP contribution is 2.28. The van der Waals surface area contributed by atoms with Gasteiger partial charge in [-0.2, -0.15) is 0 Å². The van der Waals surface area contributed by atoms with Crippen molar-refractivity contribution in [1.82, 2.24) is 14.5 Å². The van der Waals surface area contributed by atoms with Gasteiger partial charge in [-0.1, -0.05) is 0 Å². The highest BCUT2D eigenvalue weighted by atomic mass is 127. The van der Waals surface area contributed by atoms with Crippen LogP contribution in [0.4, 0.5) is 4.39 Å². The van der Waals surface area contributed by atoms with E-state index in [0.717, 1.165) is 27.6 Å². The Balaban J connectivity index is 2.17. The van der Waals surface area contributed by atoms with E-state index in [9.17, 15) is 4.39 Å². The Kier molecular flexibility index (Phi) is 4.20. The predicted octanol–water partition coefficient (Wildman–Crippen LogP) is 4.89. The number of hydrogen-bond donors (Lipinski definition) is 0. The van der Waals surface area contributed by atoms with Crippen molar-refractivity contribution in [2.24, 2.45) is 0 Å². The highest BCUT2D eigenvalue weighted by Gasteiger charge is 2.17. The van der Waals surface area contributed by atoms with Crippen molar-refractivity contribution in [3.05, 3.63) is 43.4 Å². The quantitative estimate of drug-likeness (QED) is 0.433. The summed E-state index contributed by atoms with van der Waals surface area (Å²) in [6, 6.07) is 3.27. The second kappa shape index (κ2) is 5.81. The van der Waals surface area contributed by atoms with E-state index < -0.39 is 0 Å². The van der Waals surface area contributed by atoms with Gasteiger partial charge in [-0.15, -0.1) is 22.9 Å². The molecule has 1 aromatic carbocycles. The Bertz CT molecular complexity index is 812. The number of rotatable bonds is 3. The minimum Gasteiger partial charge on any atom is -0.320 e. The molecule has 0 bridgehead atoms. The molecule has 0 aliphatic heterocycles. The highest BCUT2D eigenvalue weighted by molar-refractivity contribution is 14.1. The summed E-state index contributed by atoms with van der Waals surface area (Å²) >= 11 is 9.79. The normalized spacial score (nSPS) is 13.0. The van der Waals surface area contributed by atoms with Gasteiger partial charge in [0, 0.05) is 17.1 Å². The Labute approximate surface area is 144 Å². The zero-order valence-corrected chi connectivity index (χ0v) is 15.1. The summed E-state index contributed by atoms with van der Waals surface area (Å²) in [6.07, 6.45) is 0. The number of imidazole rings is 1. The zero-order chi connectivity index (χ0) is 15.1. The SMILES string of the molecule is Cc1csc(Cn2c(C(C)Cl)nc3cc(I)c(F)cc32)n1. The van der Waals surface area contributed by atoms with E-state index in [4.69, 9.17) is 11.6 Å². The van der Waals surface area contributed by atoms with E-state index in [1.807, 2.05) is 46.4 Å². The molecule has 0 aliphatic carbocycles. The van der Waals surface area contributed by atoms with Gasteiger partial charge in [0.1, 0.15) is 16.6 Å². The van der Waals surface area contributed by atoms with Crippen molar-refractivity contribution in [3.63, 3.8) is 0 Å². The molecule has 2 heterocycles. The van der Waals surface area contributed by atoms with Gasteiger partial charge in [0.15, 0.2) is 0 Å². The van der Waals surface area contributed by atoms with Gasteiger partial charge in [-0.05, 0) is 42.5 Å². The van der Waals surface area contributed by atoms with Crippen LogP contribution in [0.3, 0.4) is 0 Å². The average molecular weight is 436 g/mol. The van der Waals surface area contributed by atoms with Crippen LogP contribution in [-0.4, -0.2) is 14.5 Å². The van der Waals surface area contributed by atoms with Crippen LogP contribution >= 0.6 is 45.5 Å². The molecule has 0 aliphatic rings. The second-order valence-electron chi connectivity index (χ2n) is 4.81. The topological polar surface area (TPSA) is 30.7 Å². The molecule has 3 aromatic rings. The summed E-state index contributed by atoms with van der Waals surface area (Å²) in [5.41, 5.74) is 2.50. The minimum absolute atomic E-state index is 0.242. The van der Waals surface area contributed by atoms with E-state index in [2.05, 4.69) is 9.97 Å². The van der Waals surface area contributed by atoms with Crippen molar-refractivity contribution in [3.8, 4) is 0 Å². The Hall–Kier alpha value is -0.730. The van der Waals surface area contributed by atoms with Crippen LogP contribution in [0.5, 0.6) is 0 Å². The van der Waals surface area contributed by atoms with Crippen LogP contribution in [0.2, 0.25) is 0 Å². The number of aromatic nitrogens is 3. The van der Waals surface area contributed by atoms with E-state index in [1.165, 1.54) is 6.07 Å². The Morgan fingerprint density at radius 1 is 1.43 bits per heavy atom. The molecule has 7 heteroatoms. The lowest BCUT2D eigenvalue weighted by Gasteiger charge is -2.08. The van der Waals surface area contributed by atoms with Crippen molar-refractivity contribution < 1.29 is 4.39 Å². The summed E-state index contributed by atoms with van der Waals surface area (Å²) in [5.74, 6) is 0.495. The van der Waals surface area contributed by atoms with Crippen molar-refractivity contribution >= 4 is 56.6 Å². The molecular weight excluding hydrogens is 424 g/mol. The van der Waals surface area contributed by atoms with Crippen LogP contribution in [-0.2, 0) is 6.54 Å². The maximum absolute atomic E-state index is 13.9. The Morgan fingerprint density at radius 3 is 2.81 bits per heavy atom. The lowest BCUT2D eigenvalue weighted by atomic mass is 10.3. The number of halogens is 3. The molecule has 21 heavy (non-hydrogen) atoms. The van der Waals surface area contributed by atoms with Gasteiger partial charge in [-0.25, -0.2) is 14.4 Å². The lowest BCUT2D eigenvalue weighted by Crippen LogP contribution is -2.05. The van der Waals surface area contributed by atoms with Gasteiger partial charge >= 0.3 is 0 Å².